The number of hydrogen-bond acceptors (Lipinski definition) is 6. The Morgan fingerprint density at radius 2 is 1.53 bits per heavy atom. The molecule has 9 heteroatoms. The molecule has 0 spiro atoms. The maximum atomic E-state index is 15.0. The number of fused-ring (bicyclic) bond motifs is 7. The number of esters is 1. The summed E-state index contributed by atoms with van der Waals surface area (Å²) in [7, 11) is 0. The van der Waals surface area contributed by atoms with Crippen molar-refractivity contribution in [3.63, 3.8) is 0 Å². The maximum Gasteiger partial charge on any atom is 0.309 e. The second-order valence-corrected chi connectivity index (χ2v) is 23.6. The number of amides is 2. The van der Waals surface area contributed by atoms with Gasteiger partial charge in [0.1, 0.15) is 6.10 Å². The molecule has 320 valence electrons. The van der Waals surface area contributed by atoms with E-state index in [1.54, 1.807) is 13.8 Å². The highest BCUT2D eigenvalue weighted by atomic mass is 16.5. The third-order valence-electron chi connectivity index (χ3n) is 20.0. The predicted octanol–water partition coefficient (Wildman–Crippen LogP) is 8.67. The van der Waals surface area contributed by atoms with Crippen LogP contribution < -0.4 is 5.32 Å². The molecule has 0 bridgehead atoms. The number of aliphatic carboxylic acids is 1. The molecule has 0 aromatic carbocycles. The lowest BCUT2D eigenvalue weighted by atomic mass is 9.32. The molecule has 1 saturated heterocycles. The van der Waals surface area contributed by atoms with Gasteiger partial charge in [-0.3, -0.25) is 19.2 Å². The van der Waals surface area contributed by atoms with Crippen LogP contribution in [0.15, 0.2) is 0 Å². The summed E-state index contributed by atoms with van der Waals surface area (Å²) in [5, 5.41) is 13.3. The molecular formula is C48H76N2O7. The quantitative estimate of drug-likeness (QED) is 0.224. The van der Waals surface area contributed by atoms with E-state index in [2.05, 4.69) is 53.8 Å². The van der Waals surface area contributed by atoms with E-state index in [9.17, 15) is 19.5 Å². The second-order valence-electron chi connectivity index (χ2n) is 23.6. The summed E-state index contributed by atoms with van der Waals surface area (Å²) in [6, 6.07) is 0.0701. The third kappa shape index (κ3) is 6.44. The maximum absolute atomic E-state index is 15.0. The van der Waals surface area contributed by atoms with Gasteiger partial charge in [0.2, 0.25) is 11.8 Å². The lowest BCUT2D eigenvalue weighted by Gasteiger charge is -2.73. The minimum absolute atomic E-state index is 0.00890. The van der Waals surface area contributed by atoms with Gasteiger partial charge in [-0.15, -0.1) is 0 Å². The Balaban J connectivity index is 1.01. The van der Waals surface area contributed by atoms with E-state index >= 15 is 4.79 Å². The Bertz CT molecular complexity index is 1630. The van der Waals surface area contributed by atoms with Crippen molar-refractivity contribution in [3.05, 3.63) is 0 Å². The largest absolute Gasteiger partial charge is 0.481 e. The van der Waals surface area contributed by atoms with E-state index in [-0.39, 0.29) is 63.4 Å². The van der Waals surface area contributed by atoms with Crippen molar-refractivity contribution in [1.82, 2.24) is 10.2 Å². The lowest BCUT2D eigenvalue weighted by Crippen LogP contribution is -2.68. The van der Waals surface area contributed by atoms with Crippen molar-refractivity contribution < 1.29 is 33.8 Å². The van der Waals surface area contributed by atoms with Gasteiger partial charge in [0.15, 0.2) is 0 Å². The Kier molecular flexibility index (Phi) is 10.2. The molecule has 13 atom stereocenters. The molecule has 0 radical (unpaired) electrons. The first kappa shape index (κ1) is 41.6. The van der Waals surface area contributed by atoms with Crippen molar-refractivity contribution in [3.8, 4) is 0 Å². The molecular weight excluding hydrogens is 717 g/mol. The molecule has 13 unspecified atom stereocenters. The van der Waals surface area contributed by atoms with Crippen LogP contribution in [-0.2, 0) is 28.7 Å². The van der Waals surface area contributed by atoms with Crippen LogP contribution in [0.3, 0.4) is 0 Å². The molecule has 7 saturated carbocycles. The van der Waals surface area contributed by atoms with Gasteiger partial charge in [0, 0.05) is 30.5 Å². The molecule has 8 aliphatic rings. The topological polar surface area (TPSA) is 122 Å². The normalized spacial score (nSPS) is 45.6. The monoisotopic (exact) mass is 793 g/mol. The fourth-order valence-corrected chi connectivity index (χ4v) is 15.9. The van der Waals surface area contributed by atoms with Gasteiger partial charge in [0.25, 0.3) is 0 Å². The standard InChI is InChI=1S/C48H76N2O7/c1-29-31(39(52)50-22-24-56-25-23-50)26-33(29)49-40(53)48-17-12-30(27-44(6)18-19-44)38(48)32-10-11-35-45(7)15-14-36(57-37(51)28-42(2,3)41(54)55)43(4,5)34(45)13-16-47(35,9)46(32,8)20-21-48/h29-36,38H,10-28H2,1-9H3,(H,49,53)(H,54,55). The first-order chi connectivity index (χ1) is 26.6. The van der Waals surface area contributed by atoms with Crippen LogP contribution in [0.25, 0.3) is 0 Å². The number of nitrogens with one attached hydrogen (secondary N) is 1. The van der Waals surface area contributed by atoms with E-state index in [4.69, 9.17) is 9.47 Å². The Hall–Kier alpha value is -2.16. The van der Waals surface area contributed by atoms with E-state index in [0.717, 1.165) is 57.8 Å². The number of rotatable bonds is 9. The third-order valence-corrected chi connectivity index (χ3v) is 20.0. The second kappa shape index (κ2) is 13.9. The van der Waals surface area contributed by atoms with Gasteiger partial charge in [-0.25, -0.2) is 0 Å². The van der Waals surface area contributed by atoms with Crippen LogP contribution in [0.2, 0.25) is 0 Å². The van der Waals surface area contributed by atoms with Gasteiger partial charge in [0.05, 0.1) is 30.5 Å². The van der Waals surface area contributed by atoms with E-state index in [0.29, 0.717) is 67.2 Å². The first-order valence-electron chi connectivity index (χ1n) is 23.2. The number of carboxylic acid groups (broad SMARTS) is 1. The predicted molar refractivity (Wildman–Crippen MR) is 219 cm³/mol. The van der Waals surface area contributed by atoms with Crippen LogP contribution in [0, 0.1) is 79.3 Å². The van der Waals surface area contributed by atoms with Gasteiger partial charge in [-0.2, -0.15) is 0 Å². The van der Waals surface area contributed by atoms with Crippen LogP contribution >= 0.6 is 0 Å². The fraction of sp³-hybridized carbons (Fsp3) is 0.917. The average Bonchev–Trinajstić information content (AvgIpc) is 3.76. The Morgan fingerprint density at radius 3 is 2.18 bits per heavy atom. The minimum Gasteiger partial charge on any atom is -0.481 e. The van der Waals surface area contributed by atoms with Crippen molar-refractivity contribution in [2.45, 2.75) is 171 Å². The van der Waals surface area contributed by atoms with Gasteiger partial charge in [-0.05, 0) is 161 Å². The smallest absolute Gasteiger partial charge is 0.309 e. The highest BCUT2D eigenvalue weighted by Crippen LogP contribution is 2.78. The van der Waals surface area contributed by atoms with Crippen LogP contribution in [0.5, 0.6) is 0 Å². The summed E-state index contributed by atoms with van der Waals surface area (Å²) in [5.74, 6) is 1.80. The summed E-state index contributed by atoms with van der Waals surface area (Å²) in [6.07, 6.45) is 15.0. The number of hydrogen-bond donors (Lipinski definition) is 2. The van der Waals surface area contributed by atoms with Crippen LogP contribution in [-0.4, -0.2) is 72.2 Å². The first-order valence-corrected chi connectivity index (χ1v) is 23.2. The number of ether oxygens (including phenoxy) is 2. The highest BCUT2D eigenvalue weighted by Gasteiger charge is 2.72. The molecule has 1 heterocycles. The molecule has 0 aromatic rings. The average molecular weight is 793 g/mol. The molecule has 1 aliphatic heterocycles. The van der Waals surface area contributed by atoms with Gasteiger partial charge in [-0.1, -0.05) is 48.5 Å². The molecule has 0 aromatic heterocycles. The summed E-state index contributed by atoms with van der Waals surface area (Å²) in [4.78, 5) is 55.4. The summed E-state index contributed by atoms with van der Waals surface area (Å²) < 4.78 is 11.7. The highest BCUT2D eigenvalue weighted by molar-refractivity contribution is 5.85. The fourth-order valence-electron chi connectivity index (χ4n) is 15.9. The zero-order chi connectivity index (χ0) is 41.1. The van der Waals surface area contributed by atoms with E-state index in [1.165, 1.54) is 32.1 Å². The summed E-state index contributed by atoms with van der Waals surface area (Å²) in [5.41, 5.74) is -0.837. The van der Waals surface area contributed by atoms with E-state index in [1.807, 2.05) is 4.90 Å². The van der Waals surface area contributed by atoms with Gasteiger partial charge < -0.3 is 24.8 Å². The van der Waals surface area contributed by atoms with Crippen molar-refractivity contribution in [1.29, 1.82) is 0 Å². The van der Waals surface area contributed by atoms with Crippen molar-refractivity contribution in [2.24, 2.45) is 79.3 Å². The number of carbonyl (C=O) groups is 4. The number of nitrogens with zero attached hydrogens (tertiary/aromatic N) is 1. The number of morpholine rings is 1. The summed E-state index contributed by atoms with van der Waals surface area (Å²) in [6.45, 7) is 22.9. The SMILES string of the molecule is CC1C(NC(=O)C23CCC(CC4(C)CC4)C2C2CCC4C5(C)CCC(OC(=O)CC(C)(C)C(=O)O)C(C)(C)C5CCC4(C)C2(C)CC3)CC1C(=O)N1CCOCC1. The number of carboxylic acids is 1. The number of carbonyl (C=O) groups excluding carboxylic acids is 3. The van der Waals surface area contributed by atoms with Crippen LogP contribution in [0.1, 0.15) is 159 Å². The molecule has 57 heavy (non-hydrogen) atoms. The molecule has 7 aliphatic carbocycles. The van der Waals surface area contributed by atoms with Gasteiger partial charge >= 0.3 is 11.9 Å². The molecule has 9 nitrogen and oxygen atoms in total. The van der Waals surface area contributed by atoms with Crippen molar-refractivity contribution in [2.75, 3.05) is 26.3 Å². The zero-order valence-corrected chi connectivity index (χ0v) is 37.0. The lowest BCUT2D eigenvalue weighted by molar-refractivity contribution is -0.250. The molecule has 8 fully saturated rings. The van der Waals surface area contributed by atoms with E-state index < -0.39 is 17.4 Å². The minimum atomic E-state index is -1.15. The Labute approximate surface area is 343 Å². The van der Waals surface area contributed by atoms with Crippen LogP contribution in [0.4, 0.5) is 0 Å². The molecule has 8 rings (SSSR count). The van der Waals surface area contributed by atoms with Crippen molar-refractivity contribution >= 4 is 23.8 Å². The summed E-state index contributed by atoms with van der Waals surface area (Å²) >= 11 is 0. The molecule has 2 N–H and O–H groups in total. The Morgan fingerprint density at radius 1 is 0.825 bits per heavy atom. The zero-order valence-electron chi connectivity index (χ0n) is 37.0. The molecule has 2 amide bonds.